The van der Waals surface area contributed by atoms with Crippen LogP contribution in [-0.2, 0) is 4.74 Å². The molecule has 31 heavy (non-hydrogen) atoms. The number of rotatable bonds is 4. The number of imidazole rings is 1. The van der Waals surface area contributed by atoms with Gasteiger partial charge in [0.05, 0.1) is 12.8 Å². The van der Waals surface area contributed by atoms with Crippen LogP contribution in [0.4, 0.5) is 5.69 Å². The van der Waals surface area contributed by atoms with Gasteiger partial charge in [-0.15, -0.1) is 0 Å². The van der Waals surface area contributed by atoms with Crippen LogP contribution < -0.4 is 5.32 Å². The number of likely N-dealkylation sites (N-methyl/N-ethyl adjacent to an activating group) is 1. The summed E-state index contributed by atoms with van der Waals surface area (Å²) < 4.78 is 13.0. The third kappa shape index (κ3) is 3.80. The lowest BCUT2D eigenvalue weighted by molar-refractivity contribution is -0.0366. The molecule has 1 saturated heterocycles. The minimum atomic E-state index is -0.244. The second-order valence-electron chi connectivity index (χ2n) is 7.63. The summed E-state index contributed by atoms with van der Waals surface area (Å²) in [5.74, 6) is 0.668. The minimum Gasteiger partial charge on any atom is -0.366 e. The number of amides is 1. The van der Waals surface area contributed by atoms with Gasteiger partial charge in [0.25, 0.3) is 11.8 Å². The van der Waals surface area contributed by atoms with E-state index in [-0.39, 0.29) is 12.0 Å². The van der Waals surface area contributed by atoms with Crippen LogP contribution in [0.1, 0.15) is 28.0 Å². The number of nitrogens with one attached hydrogen (secondary N) is 1. The molecular weight excluding hydrogens is 396 g/mol. The highest BCUT2D eigenvalue weighted by Gasteiger charge is 2.25. The summed E-state index contributed by atoms with van der Waals surface area (Å²) in [5, 5.41) is 7.09. The summed E-state index contributed by atoms with van der Waals surface area (Å²) >= 11 is 0. The van der Waals surface area contributed by atoms with Gasteiger partial charge < -0.3 is 19.5 Å². The Morgan fingerprint density at radius 3 is 3.03 bits per heavy atom. The maximum absolute atomic E-state index is 12.9. The Balaban J connectivity index is 1.39. The molecular formula is C22H22N6O3. The molecule has 1 amide bonds. The molecule has 4 aromatic rings. The second kappa shape index (κ2) is 7.93. The predicted molar refractivity (Wildman–Crippen MR) is 114 cm³/mol. The van der Waals surface area contributed by atoms with Crippen molar-refractivity contribution in [1.82, 2.24) is 24.4 Å². The van der Waals surface area contributed by atoms with Gasteiger partial charge in [-0.05, 0) is 37.7 Å². The molecule has 0 radical (unpaired) electrons. The summed E-state index contributed by atoms with van der Waals surface area (Å²) in [6.07, 6.45) is 3.14. The van der Waals surface area contributed by atoms with Crippen molar-refractivity contribution < 1.29 is 14.1 Å². The maximum atomic E-state index is 12.9. The molecule has 9 heteroatoms. The predicted octanol–water partition coefficient (Wildman–Crippen LogP) is 2.95. The topological polar surface area (TPSA) is 97.8 Å². The fourth-order valence-corrected chi connectivity index (χ4v) is 3.59. The number of fused-ring (bicyclic) bond motifs is 1. The van der Waals surface area contributed by atoms with E-state index in [0.717, 1.165) is 17.7 Å². The molecule has 1 N–H and O–H groups in total. The Morgan fingerprint density at radius 2 is 2.16 bits per heavy atom. The molecule has 5 rings (SSSR count). The Kier molecular flexibility index (Phi) is 4.97. The van der Waals surface area contributed by atoms with Gasteiger partial charge in [0.15, 0.2) is 0 Å². The number of carbonyl (C=O) groups is 1. The first-order chi connectivity index (χ1) is 15.1. The van der Waals surface area contributed by atoms with Crippen molar-refractivity contribution in [1.29, 1.82) is 0 Å². The van der Waals surface area contributed by atoms with E-state index in [1.54, 1.807) is 10.6 Å². The minimum absolute atomic E-state index is 0.236. The summed E-state index contributed by atoms with van der Waals surface area (Å²) in [6, 6.07) is 11.3. The highest BCUT2D eigenvalue weighted by Crippen LogP contribution is 2.27. The molecule has 9 nitrogen and oxygen atoms in total. The molecule has 0 aliphatic carbocycles. The van der Waals surface area contributed by atoms with Gasteiger partial charge in [-0.2, -0.15) is 4.98 Å². The fraction of sp³-hybridized carbons (Fsp3) is 0.273. The number of aryl methyl sites for hydroxylation is 1. The summed E-state index contributed by atoms with van der Waals surface area (Å²) in [5.41, 5.74) is 3.52. The van der Waals surface area contributed by atoms with Gasteiger partial charge in [0, 0.05) is 30.5 Å². The quantitative estimate of drug-likeness (QED) is 0.544. The number of benzene rings is 1. The maximum Gasteiger partial charge on any atom is 0.274 e. The highest BCUT2D eigenvalue weighted by molar-refractivity contribution is 6.04. The van der Waals surface area contributed by atoms with E-state index in [9.17, 15) is 4.79 Å². The lowest BCUT2D eigenvalue weighted by Gasteiger charge is -2.27. The fourth-order valence-electron chi connectivity index (χ4n) is 3.59. The molecule has 0 saturated carbocycles. The lowest BCUT2D eigenvalue weighted by Crippen LogP contribution is -2.35. The monoisotopic (exact) mass is 418 g/mol. The summed E-state index contributed by atoms with van der Waals surface area (Å²) in [6.45, 7) is 4.14. The molecule has 0 spiro atoms. The van der Waals surface area contributed by atoms with E-state index in [1.807, 2.05) is 56.6 Å². The van der Waals surface area contributed by atoms with Crippen LogP contribution in [-0.4, -0.2) is 57.1 Å². The zero-order chi connectivity index (χ0) is 21.4. The number of nitrogens with zero attached hydrogens (tertiary/aromatic N) is 5. The number of pyridine rings is 1. The van der Waals surface area contributed by atoms with Crippen molar-refractivity contribution in [3.8, 4) is 11.4 Å². The number of morpholine rings is 1. The van der Waals surface area contributed by atoms with Crippen molar-refractivity contribution >= 4 is 17.2 Å². The van der Waals surface area contributed by atoms with Gasteiger partial charge in [-0.3, -0.25) is 9.20 Å². The van der Waals surface area contributed by atoms with E-state index >= 15 is 0 Å². The third-order valence-corrected chi connectivity index (χ3v) is 5.38. The normalized spacial score (nSPS) is 17.2. The van der Waals surface area contributed by atoms with Gasteiger partial charge in [0.2, 0.25) is 5.82 Å². The van der Waals surface area contributed by atoms with Crippen LogP contribution in [0.25, 0.3) is 17.0 Å². The lowest BCUT2D eigenvalue weighted by atomic mass is 10.1. The standard InChI is InChI=1S/C22H22N6O3/c1-14-6-7-15(20-25-22(31-26-20)18-13-27(2)9-10-30-18)11-16(14)24-21(29)17-12-23-19-5-3-4-8-28(17)19/h3-8,11-12,18H,9-10,13H2,1-2H3,(H,24,29). The van der Waals surface area contributed by atoms with Gasteiger partial charge in [-0.1, -0.05) is 23.4 Å². The van der Waals surface area contributed by atoms with Crippen LogP contribution in [0.5, 0.6) is 0 Å². The summed E-state index contributed by atoms with van der Waals surface area (Å²) in [4.78, 5) is 23.9. The molecule has 4 heterocycles. The van der Waals surface area contributed by atoms with Crippen LogP contribution >= 0.6 is 0 Å². The molecule has 0 bridgehead atoms. The van der Waals surface area contributed by atoms with Gasteiger partial charge >= 0.3 is 0 Å². The molecule has 1 aromatic carbocycles. The first-order valence-electron chi connectivity index (χ1n) is 10.1. The van der Waals surface area contributed by atoms with Crippen LogP contribution in [0.3, 0.4) is 0 Å². The van der Waals surface area contributed by atoms with E-state index in [0.29, 0.717) is 41.9 Å². The zero-order valence-electron chi connectivity index (χ0n) is 17.3. The van der Waals surface area contributed by atoms with Crippen molar-refractivity contribution in [2.24, 2.45) is 0 Å². The van der Waals surface area contributed by atoms with Crippen molar-refractivity contribution in [3.05, 3.63) is 65.9 Å². The van der Waals surface area contributed by atoms with Crippen LogP contribution in [0.2, 0.25) is 0 Å². The van der Waals surface area contributed by atoms with Crippen molar-refractivity contribution in [3.63, 3.8) is 0 Å². The number of hydrogen-bond donors (Lipinski definition) is 1. The summed E-state index contributed by atoms with van der Waals surface area (Å²) in [7, 11) is 2.03. The highest BCUT2D eigenvalue weighted by atomic mass is 16.5. The Morgan fingerprint density at radius 1 is 1.26 bits per heavy atom. The number of ether oxygens (including phenoxy) is 1. The Hall–Kier alpha value is -3.56. The molecule has 158 valence electrons. The second-order valence-corrected chi connectivity index (χ2v) is 7.63. The van der Waals surface area contributed by atoms with Crippen molar-refractivity contribution in [2.75, 3.05) is 32.1 Å². The first-order valence-corrected chi connectivity index (χ1v) is 10.1. The largest absolute Gasteiger partial charge is 0.366 e. The SMILES string of the molecule is Cc1ccc(-c2noc(C3CN(C)CCO3)n2)cc1NC(=O)c1cnc2ccccn12. The van der Waals surface area contributed by atoms with E-state index in [2.05, 4.69) is 25.3 Å². The number of anilines is 1. The molecule has 1 unspecified atom stereocenters. The number of carbonyl (C=O) groups excluding carboxylic acids is 1. The number of hydrogen-bond acceptors (Lipinski definition) is 7. The smallest absolute Gasteiger partial charge is 0.274 e. The van der Waals surface area contributed by atoms with E-state index in [1.165, 1.54) is 0 Å². The van der Waals surface area contributed by atoms with Crippen LogP contribution in [0, 0.1) is 6.92 Å². The molecule has 1 aliphatic heterocycles. The third-order valence-electron chi connectivity index (χ3n) is 5.38. The van der Waals surface area contributed by atoms with Gasteiger partial charge in [0.1, 0.15) is 17.4 Å². The van der Waals surface area contributed by atoms with Crippen LogP contribution in [0.15, 0.2) is 53.3 Å². The van der Waals surface area contributed by atoms with E-state index in [4.69, 9.17) is 9.26 Å². The average molecular weight is 418 g/mol. The molecule has 1 atom stereocenters. The van der Waals surface area contributed by atoms with Gasteiger partial charge in [-0.25, -0.2) is 4.98 Å². The average Bonchev–Trinajstić information content (AvgIpc) is 3.43. The van der Waals surface area contributed by atoms with Crippen molar-refractivity contribution in [2.45, 2.75) is 13.0 Å². The first kappa shape index (κ1) is 19.4. The molecule has 1 aliphatic rings. The Bertz CT molecular complexity index is 1250. The molecule has 3 aromatic heterocycles. The zero-order valence-corrected chi connectivity index (χ0v) is 17.3. The van der Waals surface area contributed by atoms with E-state index < -0.39 is 0 Å². The Labute approximate surface area is 178 Å². The number of aromatic nitrogens is 4. The molecule has 1 fully saturated rings.